The summed E-state index contributed by atoms with van der Waals surface area (Å²) in [5.41, 5.74) is 0.815. The van der Waals surface area contributed by atoms with Crippen LogP contribution in [0.15, 0.2) is 13.2 Å². The van der Waals surface area contributed by atoms with Crippen LogP contribution < -0.4 is 0 Å². The van der Waals surface area contributed by atoms with Gasteiger partial charge >= 0.3 is 0 Å². The number of hydrogen-bond acceptors (Lipinski definition) is 2. The Morgan fingerprint density at radius 2 is 2.17 bits per heavy atom. The van der Waals surface area contributed by atoms with Crippen molar-refractivity contribution in [3.63, 3.8) is 0 Å². The van der Waals surface area contributed by atoms with Crippen LogP contribution in [-0.4, -0.2) is 15.3 Å². The molecule has 2 N–H and O–H groups in total. The average molecular weight is 168 g/mol. The second kappa shape index (κ2) is 2.81. The molecule has 1 rings (SSSR count). The Balaban J connectivity index is 3.31. The summed E-state index contributed by atoms with van der Waals surface area (Å²) in [5, 5.41) is 15.2. The molecule has 0 atom stereocenters. The second-order valence-corrected chi connectivity index (χ2v) is 2.42. The molecule has 0 fully saturated rings. The van der Waals surface area contributed by atoms with Gasteiger partial charge in [0.25, 0.3) is 0 Å². The molecule has 0 radical (unpaired) electrons. The van der Waals surface area contributed by atoms with E-state index in [-0.39, 0.29) is 17.0 Å². The minimum absolute atomic E-state index is 0.111. The minimum atomic E-state index is -0.633. The summed E-state index contributed by atoms with van der Waals surface area (Å²) in [6.07, 6.45) is 0. The molecule has 0 saturated heterocycles. The maximum absolute atomic E-state index is 12.7. The predicted molar refractivity (Wildman–Crippen MR) is 45.1 cm³/mol. The standard InChI is InChI=1S/C8H9FN2O/c1-4(9)7-5(2)10-11-8(7)6(3)12/h12H,1,3H2,2H3,(H,10,11). The SMILES string of the molecule is C=C(O)c1n[nH]c(C)c1C(=C)F. The quantitative estimate of drug-likeness (QED) is 0.665. The summed E-state index contributed by atoms with van der Waals surface area (Å²) in [7, 11) is 0. The van der Waals surface area contributed by atoms with E-state index in [4.69, 9.17) is 5.11 Å². The van der Waals surface area contributed by atoms with Gasteiger partial charge < -0.3 is 5.11 Å². The lowest BCUT2D eigenvalue weighted by Crippen LogP contribution is -1.87. The number of nitrogens with zero attached hydrogens (tertiary/aromatic N) is 1. The smallest absolute Gasteiger partial charge is 0.136 e. The highest BCUT2D eigenvalue weighted by Crippen LogP contribution is 2.23. The van der Waals surface area contributed by atoms with Gasteiger partial charge in [-0.15, -0.1) is 0 Å². The van der Waals surface area contributed by atoms with E-state index >= 15 is 0 Å². The monoisotopic (exact) mass is 168 g/mol. The summed E-state index contributed by atoms with van der Waals surface area (Å²) >= 11 is 0. The van der Waals surface area contributed by atoms with Crippen LogP contribution in [0.4, 0.5) is 4.39 Å². The first kappa shape index (κ1) is 8.52. The first-order valence-electron chi connectivity index (χ1n) is 3.32. The van der Waals surface area contributed by atoms with E-state index in [9.17, 15) is 4.39 Å². The van der Waals surface area contributed by atoms with Crippen molar-refractivity contribution < 1.29 is 9.50 Å². The Kier molecular flexibility index (Phi) is 1.99. The zero-order chi connectivity index (χ0) is 9.30. The van der Waals surface area contributed by atoms with Gasteiger partial charge in [0.2, 0.25) is 0 Å². The molecule has 4 heteroatoms. The van der Waals surface area contributed by atoms with E-state index in [0.29, 0.717) is 5.69 Å². The maximum Gasteiger partial charge on any atom is 0.136 e. The summed E-state index contributed by atoms with van der Waals surface area (Å²) in [4.78, 5) is 0. The number of halogens is 1. The zero-order valence-corrected chi connectivity index (χ0v) is 6.69. The molecule has 1 aromatic rings. The number of hydrogen-bond donors (Lipinski definition) is 2. The molecule has 12 heavy (non-hydrogen) atoms. The van der Waals surface area contributed by atoms with Gasteiger partial charge in [0.05, 0.1) is 5.56 Å². The van der Waals surface area contributed by atoms with Crippen LogP contribution >= 0.6 is 0 Å². The van der Waals surface area contributed by atoms with Gasteiger partial charge in [-0.25, -0.2) is 4.39 Å². The molecule has 0 aliphatic rings. The topological polar surface area (TPSA) is 48.9 Å². The fraction of sp³-hybridized carbons (Fsp3) is 0.125. The van der Waals surface area contributed by atoms with Gasteiger partial charge in [0, 0.05) is 5.69 Å². The van der Waals surface area contributed by atoms with Crippen LogP contribution in [0.5, 0.6) is 0 Å². The van der Waals surface area contributed by atoms with Gasteiger partial charge in [-0.1, -0.05) is 13.2 Å². The van der Waals surface area contributed by atoms with Crippen LogP contribution in [0, 0.1) is 6.92 Å². The minimum Gasteiger partial charge on any atom is -0.506 e. The Morgan fingerprint density at radius 1 is 1.58 bits per heavy atom. The molecular weight excluding hydrogens is 159 g/mol. The van der Waals surface area contributed by atoms with Crippen molar-refractivity contribution in [2.75, 3.05) is 0 Å². The van der Waals surface area contributed by atoms with E-state index in [2.05, 4.69) is 23.4 Å². The largest absolute Gasteiger partial charge is 0.506 e. The molecule has 0 aromatic carbocycles. The number of aliphatic hydroxyl groups excluding tert-OH is 1. The number of H-pyrrole nitrogens is 1. The molecule has 1 aromatic heterocycles. The Bertz CT molecular complexity index is 341. The van der Waals surface area contributed by atoms with Crippen LogP contribution in [0.3, 0.4) is 0 Å². The second-order valence-electron chi connectivity index (χ2n) is 2.42. The third kappa shape index (κ3) is 1.23. The zero-order valence-electron chi connectivity index (χ0n) is 6.69. The number of rotatable bonds is 2. The van der Waals surface area contributed by atoms with Crippen molar-refractivity contribution in [1.82, 2.24) is 10.2 Å². The van der Waals surface area contributed by atoms with Gasteiger partial charge in [0.15, 0.2) is 0 Å². The van der Waals surface area contributed by atoms with Crippen molar-refractivity contribution >= 4 is 11.6 Å². The normalized spacial score (nSPS) is 9.83. The number of aryl methyl sites for hydroxylation is 1. The van der Waals surface area contributed by atoms with Crippen molar-refractivity contribution in [1.29, 1.82) is 0 Å². The third-order valence-corrected chi connectivity index (χ3v) is 1.49. The number of aromatic nitrogens is 2. The van der Waals surface area contributed by atoms with E-state index < -0.39 is 5.83 Å². The molecule has 0 spiro atoms. The lowest BCUT2D eigenvalue weighted by atomic mass is 10.1. The highest BCUT2D eigenvalue weighted by Gasteiger charge is 2.14. The first-order valence-corrected chi connectivity index (χ1v) is 3.32. The van der Waals surface area contributed by atoms with Gasteiger partial charge in [-0.3, -0.25) is 5.10 Å². The van der Waals surface area contributed by atoms with Gasteiger partial charge in [-0.2, -0.15) is 5.10 Å². The number of aromatic amines is 1. The van der Waals surface area contributed by atoms with E-state index in [1.807, 2.05) is 0 Å². The average Bonchev–Trinajstić information content (AvgIpc) is 2.30. The molecule has 0 aliphatic carbocycles. The molecule has 0 aliphatic heterocycles. The molecule has 1 heterocycles. The fourth-order valence-electron chi connectivity index (χ4n) is 0.970. The van der Waals surface area contributed by atoms with Crippen LogP contribution in [-0.2, 0) is 0 Å². The molecule has 0 saturated carbocycles. The molecular formula is C8H9FN2O. The summed E-state index contributed by atoms with van der Waals surface area (Å²) < 4.78 is 12.7. The third-order valence-electron chi connectivity index (χ3n) is 1.49. The molecule has 0 amide bonds. The summed E-state index contributed by atoms with van der Waals surface area (Å²) in [6.45, 7) is 8.01. The van der Waals surface area contributed by atoms with Crippen LogP contribution in [0.25, 0.3) is 11.6 Å². The lowest BCUT2D eigenvalue weighted by Gasteiger charge is -1.96. The number of nitrogens with one attached hydrogen (secondary N) is 1. The van der Waals surface area contributed by atoms with E-state index in [1.54, 1.807) is 6.92 Å². The predicted octanol–water partition coefficient (Wildman–Crippen LogP) is 2.19. The molecule has 0 bridgehead atoms. The van der Waals surface area contributed by atoms with Crippen LogP contribution in [0.2, 0.25) is 0 Å². The summed E-state index contributed by atoms with van der Waals surface area (Å²) in [5.74, 6) is -0.903. The van der Waals surface area contributed by atoms with Crippen LogP contribution in [0.1, 0.15) is 17.0 Å². The highest BCUT2D eigenvalue weighted by molar-refractivity contribution is 5.71. The summed E-state index contributed by atoms with van der Waals surface area (Å²) in [6, 6.07) is 0. The Morgan fingerprint density at radius 3 is 2.50 bits per heavy atom. The highest BCUT2D eigenvalue weighted by atomic mass is 19.1. The Labute approximate surface area is 69.2 Å². The fourth-order valence-corrected chi connectivity index (χ4v) is 0.970. The molecule has 0 unspecified atom stereocenters. The number of aliphatic hydroxyl groups is 1. The molecule has 3 nitrogen and oxygen atoms in total. The van der Waals surface area contributed by atoms with Gasteiger partial charge in [0.1, 0.15) is 17.3 Å². The van der Waals surface area contributed by atoms with E-state index in [1.165, 1.54) is 0 Å². The van der Waals surface area contributed by atoms with Crippen molar-refractivity contribution in [3.8, 4) is 0 Å². The maximum atomic E-state index is 12.7. The molecule has 64 valence electrons. The lowest BCUT2D eigenvalue weighted by molar-refractivity contribution is 0.509. The van der Waals surface area contributed by atoms with Crippen molar-refractivity contribution in [2.45, 2.75) is 6.92 Å². The van der Waals surface area contributed by atoms with E-state index in [0.717, 1.165) is 0 Å². The first-order chi connectivity index (χ1) is 5.54. The van der Waals surface area contributed by atoms with Crippen molar-refractivity contribution in [2.24, 2.45) is 0 Å². The van der Waals surface area contributed by atoms with Gasteiger partial charge in [-0.05, 0) is 6.92 Å². The van der Waals surface area contributed by atoms with Crippen molar-refractivity contribution in [3.05, 3.63) is 30.1 Å². The Hall–Kier alpha value is -1.58.